The van der Waals surface area contributed by atoms with E-state index in [0.717, 1.165) is 17.8 Å². The van der Waals surface area contributed by atoms with Crippen molar-refractivity contribution in [3.05, 3.63) is 59.5 Å². The quantitative estimate of drug-likeness (QED) is 0.910. The number of halogens is 1. The first-order valence-corrected chi connectivity index (χ1v) is 6.29. The molecule has 2 aromatic rings. The molecule has 0 aliphatic rings. The number of aromatic nitrogens is 1. The van der Waals surface area contributed by atoms with Crippen molar-refractivity contribution in [2.24, 2.45) is 0 Å². The lowest BCUT2D eigenvalue weighted by Gasteiger charge is -2.23. The highest BCUT2D eigenvalue weighted by molar-refractivity contribution is 5.93. The summed E-state index contributed by atoms with van der Waals surface area (Å²) < 4.78 is 13.2. The van der Waals surface area contributed by atoms with Crippen LogP contribution in [0, 0.1) is 5.82 Å². The minimum Gasteiger partial charge on any atom is -0.478 e. The van der Waals surface area contributed by atoms with Crippen molar-refractivity contribution >= 4 is 11.8 Å². The standard InChI is InChI=1S/C15H15FN2O2/c1-2-18(10-11-6-4-3-5-7-11)14-13(15(19)20)8-12(16)9-17-14/h3-9H,2,10H2,1H3,(H,19,20). The summed E-state index contributed by atoms with van der Waals surface area (Å²) in [6.45, 7) is 3.00. The molecule has 0 aliphatic carbocycles. The fourth-order valence-electron chi connectivity index (χ4n) is 1.98. The van der Waals surface area contributed by atoms with Gasteiger partial charge < -0.3 is 10.0 Å². The van der Waals surface area contributed by atoms with Gasteiger partial charge in [-0.05, 0) is 18.6 Å². The number of aromatic carboxylic acids is 1. The van der Waals surface area contributed by atoms with Gasteiger partial charge in [-0.25, -0.2) is 14.2 Å². The zero-order valence-corrected chi connectivity index (χ0v) is 11.1. The van der Waals surface area contributed by atoms with Crippen LogP contribution in [0.1, 0.15) is 22.8 Å². The SMILES string of the molecule is CCN(Cc1ccccc1)c1ncc(F)cc1C(=O)O. The van der Waals surface area contributed by atoms with Crippen LogP contribution in [0.25, 0.3) is 0 Å². The summed E-state index contributed by atoms with van der Waals surface area (Å²) in [4.78, 5) is 17.0. The molecule has 0 aliphatic heterocycles. The Kier molecular flexibility index (Phi) is 4.30. The molecule has 5 heteroatoms. The minimum atomic E-state index is -1.18. The van der Waals surface area contributed by atoms with E-state index in [2.05, 4.69) is 4.98 Å². The molecule has 0 spiro atoms. The second-order valence-electron chi connectivity index (χ2n) is 4.33. The van der Waals surface area contributed by atoms with E-state index in [9.17, 15) is 9.18 Å². The number of pyridine rings is 1. The van der Waals surface area contributed by atoms with Gasteiger partial charge in [0.15, 0.2) is 0 Å². The summed E-state index contributed by atoms with van der Waals surface area (Å²) in [5.41, 5.74) is 0.916. The molecule has 20 heavy (non-hydrogen) atoms. The molecule has 1 aromatic heterocycles. The Morgan fingerprint density at radius 2 is 2.05 bits per heavy atom. The van der Waals surface area contributed by atoms with Crippen LogP contribution < -0.4 is 4.90 Å². The first kappa shape index (κ1) is 14.0. The van der Waals surface area contributed by atoms with Crippen LogP contribution in [0.4, 0.5) is 10.2 Å². The van der Waals surface area contributed by atoms with Crippen molar-refractivity contribution in [2.45, 2.75) is 13.5 Å². The number of carboxylic acids is 1. The third kappa shape index (κ3) is 3.12. The van der Waals surface area contributed by atoms with E-state index in [1.54, 1.807) is 4.90 Å². The van der Waals surface area contributed by atoms with Crippen LogP contribution in [0.2, 0.25) is 0 Å². The normalized spacial score (nSPS) is 10.3. The highest BCUT2D eigenvalue weighted by Crippen LogP contribution is 2.20. The van der Waals surface area contributed by atoms with Gasteiger partial charge >= 0.3 is 5.97 Å². The average molecular weight is 274 g/mol. The number of hydrogen-bond donors (Lipinski definition) is 1. The topological polar surface area (TPSA) is 53.4 Å². The zero-order chi connectivity index (χ0) is 14.5. The molecule has 2 rings (SSSR count). The molecule has 1 heterocycles. The summed E-state index contributed by atoms with van der Waals surface area (Å²) in [5, 5.41) is 9.17. The number of anilines is 1. The van der Waals surface area contributed by atoms with E-state index < -0.39 is 11.8 Å². The molecule has 0 saturated heterocycles. The fraction of sp³-hybridized carbons (Fsp3) is 0.200. The van der Waals surface area contributed by atoms with Crippen molar-refractivity contribution in [1.82, 2.24) is 4.98 Å². The first-order valence-electron chi connectivity index (χ1n) is 6.29. The molecule has 0 saturated carbocycles. The van der Waals surface area contributed by atoms with E-state index in [0.29, 0.717) is 13.1 Å². The van der Waals surface area contributed by atoms with Crippen molar-refractivity contribution in [3.8, 4) is 0 Å². The summed E-state index contributed by atoms with van der Waals surface area (Å²) in [6, 6.07) is 10.6. The van der Waals surface area contributed by atoms with Gasteiger partial charge in [0.25, 0.3) is 0 Å². The summed E-state index contributed by atoms with van der Waals surface area (Å²) >= 11 is 0. The monoisotopic (exact) mass is 274 g/mol. The molecule has 104 valence electrons. The fourth-order valence-corrected chi connectivity index (χ4v) is 1.98. The van der Waals surface area contributed by atoms with Crippen molar-refractivity contribution in [1.29, 1.82) is 0 Å². The Balaban J connectivity index is 2.34. The van der Waals surface area contributed by atoms with Gasteiger partial charge in [-0.3, -0.25) is 0 Å². The van der Waals surface area contributed by atoms with Gasteiger partial charge in [0.05, 0.1) is 6.20 Å². The number of benzene rings is 1. The molecule has 1 aromatic carbocycles. The lowest BCUT2D eigenvalue weighted by atomic mass is 10.2. The highest BCUT2D eigenvalue weighted by Gasteiger charge is 2.18. The lowest BCUT2D eigenvalue weighted by molar-refractivity contribution is 0.0696. The lowest BCUT2D eigenvalue weighted by Crippen LogP contribution is -2.25. The highest BCUT2D eigenvalue weighted by atomic mass is 19.1. The minimum absolute atomic E-state index is 0.122. The second-order valence-corrected chi connectivity index (χ2v) is 4.33. The van der Waals surface area contributed by atoms with Gasteiger partial charge in [0.2, 0.25) is 0 Å². The summed E-state index contributed by atoms with van der Waals surface area (Å²) in [7, 11) is 0. The van der Waals surface area contributed by atoms with Gasteiger partial charge in [-0.1, -0.05) is 30.3 Å². The Morgan fingerprint density at radius 1 is 1.35 bits per heavy atom. The van der Waals surface area contributed by atoms with Crippen LogP contribution in [0.5, 0.6) is 0 Å². The maximum Gasteiger partial charge on any atom is 0.339 e. The van der Waals surface area contributed by atoms with Crippen molar-refractivity contribution < 1.29 is 14.3 Å². The van der Waals surface area contributed by atoms with E-state index in [-0.39, 0.29) is 11.4 Å². The van der Waals surface area contributed by atoms with Gasteiger partial charge in [0, 0.05) is 13.1 Å². The second kappa shape index (κ2) is 6.14. The van der Waals surface area contributed by atoms with Gasteiger partial charge in [-0.15, -0.1) is 0 Å². The van der Waals surface area contributed by atoms with E-state index in [1.807, 2.05) is 37.3 Å². The molecule has 0 atom stereocenters. The first-order chi connectivity index (χ1) is 9.61. The van der Waals surface area contributed by atoms with Gasteiger partial charge in [-0.2, -0.15) is 0 Å². The number of nitrogens with zero attached hydrogens (tertiary/aromatic N) is 2. The third-order valence-corrected chi connectivity index (χ3v) is 2.96. The number of carboxylic acid groups (broad SMARTS) is 1. The Hall–Kier alpha value is -2.43. The van der Waals surface area contributed by atoms with Crippen LogP contribution in [0.3, 0.4) is 0 Å². The summed E-state index contributed by atoms with van der Waals surface area (Å²) in [6.07, 6.45) is 1.04. The number of hydrogen-bond acceptors (Lipinski definition) is 3. The molecule has 4 nitrogen and oxygen atoms in total. The molecule has 0 amide bonds. The van der Waals surface area contributed by atoms with Crippen molar-refractivity contribution in [2.75, 3.05) is 11.4 Å². The largest absolute Gasteiger partial charge is 0.478 e. The molecule has 0 radical (unpaired) electrons. The number of carbonyl (C=O) groups is 1. The average Bonchev–Trinajstić information content (AvgIpc) is 2.46. The molecule has 0 bridgehead atoms. The maximum absolute atomic E-state index is 13.2. The van der Waals surface area contributed by atoms with Crippen molar-refractivity contribution in [3.63, 3.8) is 0 Å². The van der Waals surface area contributed by atoms with E-state index in [1.165, 1.54) is 0 Å². The molecular formula is C15H15FN2O2. The van der Waals surface area contributed by atoms with E-state index in [4.69, 9.17) is 5.11 Å². The van der Waals surface area contributed by atoms with E-state index >= 15 is 0 Å². The number of rotatable bonds is 5. The predicted octanol–water partition coefficient (Wildman–Crippen LogP) is 2.95. The predicted molar refractivity (Wildman–Crippen MR) is 74.3 cm³/mol. The third-order valence-electron chi connectivity index (χ3n) is 2.96. The van der Waals surface area contributed by atoms with Crippen LogP contribution in [-0.2, 0) is 6.54 Å². The Morgan fingerprint density at radius 3 is 2.65 bits per heavy atom. The maximum atomic E-state index is 13.2. The van der Waals surface area contributed by atoms with Crippen LogP contribution in [-0.4, -0.2) is 22.6 Å². The molecule has 1 N–H and O–H groups in total. The molecular weight excluding hydrogens is 259 g/mol. The molecule has 0 fully saturated rings. The van der Waals surface area contributed by atoms with Gasteiger partial charge in [0.1, 0.15) is 17.2 Å². The summed E-state index contributed by atoms with van der Waals surface area (Å²) in [5.74, 6) is -1.55. The zero-order valence-electron chi connectivity index (χ0n) is 11.1. The Bertz CT molecular complexity index is 602. The van der Waals surface area contributed by atoms with Crippen LogP contribution >= 0.6 is 0 Å². The molecule has 0 unspecified atom stereocenters. The van der Waals surface area contributed by atoms with Crippen LogP contribution in [0.15, 0.2) is 42.6 Å². The smallest absolute Gasteiger partial charge is 0.339 e. The Labute approximate surface area is 116 Å².